The fraction of sp³-hybridized carbons (Fsp3) is 0.375. The van der Waals surface area contributed by atoms with Crippen LogP contribution in [-0.4, -0.2) is 20.7 Å². The molecule has 5 heteroatoms. The number of carbonyl (C=O) groups is 1. The van der Waals surface area contributed by atoms with Gasteiger partial charge in [0.1, 0.15) is 0 Å². The zero-order valence-corrected chi connectivity index (χ0v) is 16.9. The summed E-state index contributed by atoms with van der Waals surface area (Å²) in [6, 6.07) is 16.6. The van der Waals surface area contributed by atoms with Crippen molar-refractivity contribution in [2.24, 2.45) is 0 Å². The summed E-state index contributed by atoms with van der Waals surface area (Å²) in [5.74, 6) is -0.0765. The van der Waals surface area contributed by atoms with Gasteiger partial charge in [-0.25, -0.2) is 0 Å². The van der Waals surface area contributed by atoms with Gasteiger partial charge in [0.15, 0.2) is 0 Å². The Morgan fingerprint density at radius 1 is 1.14 bits per heavy atom. The molecule has 1 aromatic carbocycles. The van der Waals surface area contributed by atoms with Crippen molar-refractivity contribution in [3.63, 3.8) is 0 Å². The van der Waals surface area contributed by atoms with E-state index in [0.717, 1.165) is 41.8 Å². The van der Waals surface area contributed by atoms with Crippen molar-refractivity contribution in [3.8, 4) is 11.3 Å². The summed E-state index contributed by atoms with van der Waals surface area (Å²) in [4.78, 5) is 16.9. The van der Waals surface area contributed by atoms with Gasteiger partial charge in [-0.3, -0.25) is 14.5 Å². The number of amides is 1. The van der Waals surface area contributed by atoms with E-state index in [2.05, 4.69) is 21.0 Å². The van der Waals surface area contributed by atoms with Gasteiger partial charge in [0, 0.05) is 18.0 Å². The van der Waals surface area contributed by atoms with E-state index < -0.39 is 0 Å². The van der Waals surface area contributed by atoms with E-state index in [0.29, 0.717) is 12.6 Å². The molecule has 29 heavy (non-hydrogen) atoms. The highest BCUT2D eigenvalue weighted by atomic mass is 16.1. The first-order valence-electron chi connectivity index (χ1n) is 10.6. The minimum atomic E-state index is -0.132. The van der Waals surface area contributed by atoms with Crippen LogP contribution in [0.4, 0.5) is 0 Å². The molecule has 2 heterocycles. The van der Waals surface area contributed by atoms with Crippen LogP contribution in [0.2, 0.25) is 0 Å². The summed E-state index contributed by atoms with van der Waals surface area (Å²) in [7, 11) is 0. The predicted molar refractivity (Wildman–Crippen MR) is 114 cm³/mol. The lowest BCUT2D eigenvalue weighted by molar-refractivity contribution is -0.122. The van der Waals surface area contributed by atoms with Crippen LogP contribution in [0, 0.1) is 0 Å². The Labute approximate surface area is 172 Å². The van der Waals surface area contributed by atoms with Crippen LogP contribution in [0.15, 0.2) is 60.9 Å². The van der Waals surface area contributed by atoms with Crippen molar-refractivity contribution in [2.75, 3.05) is 0 Å². The van der Waals surface area contributed by atoms with E-state index in [4.69, 9.17) is 5.10 Å². The van der Waals surface area contributed by atoms with Crippen LogP contribution in [0.25, 0.3) is 11.3 Å². The summed E-state index contributed by atoms with van der Waals surface area (Å²) in [6.07, 6.45) is 9.23. The predicted octanol–water partition coefficient (Wildman–Crippen LogP) is 4.87. The van der Waals surface area contributed by atoms with Gasteiger partial charge in [-0.2, -0.15) is 5.10 Å². The lowest BCUT2D eigenvalue weighted by Gasteiger charge is -2.15. The van der Waals surface area contributed by atoms with Gasteiger partial charge in [-0.15, -0.1) is 0 Å². The molecule has 1 amide bonds. The number of aromatic nitrogens is 3. The molecular weight excluding hydrogens is 360 g/mol. The maximum absolute atomic E-state index is 12.8. The molecule has 0 saturated heterocycles. The molecule has 0 bridgehead atoms. The molecule has 0 unspecified atom stereocenters. The average molecular weight is 389 g/mol. The molecule has 5 nitrogen and oxygen atoms in total. The molecule has 1 aliphatic carbocycles. The van der Waals surface area contributed by atoms with Crippen molar-refractivity contribution in [1.82, 2.24) is 20.1 Å². The maximum atomic E-state index is 12.8. The summed E-state index contributed by atoms with van der Waals surface area (Å²) in [5.41, 5.74) is 4.19. The van der Waals surface area contributed by atoms with Gasteiger partial charge in [-0.1, -0.05) is 50.1 Å². The molecular formula is C24H28N4O. The lowest BCUT2D eigenvalue weighted by atomic mass is 9.96. The van der Waals surface area contributed by atoms with Crippen LogP contribution in [0.5, 0.6) is 0 Å². The third-order valence-electron chi connectivity index (χ3n) is 5.80. The second-order valence-corrected chi connectivity index (χ2v) is 7.73. The van der Waals surface area contributed by atoms with Gasteiger partial charge in [0.05, 0.1) is 29.9 Å². The molecule has 0 spiro atoms. The highest BCUT2D eigenvalue weighted by molar-refractivity contribution is 5.83. The maximum Gasteiger partial charge on any atom is 0.227 e. The molecule has 2 aromatic heterocycles. The van der Waals surface area contributed by atoms with Crippen LogP contribution in [-0.2, 0) is 11.3 Å². The number of rotatable bonds is 7. The first-order chi connectivity index (χ1) is 14.3. The Hall–Kier alpha value is -2.95. The topological polar surface area (TPSA) is 59.8 Å². The summed E-state index contributed by atoms with van der Waals surface area (Å²) in [6.45, 7) is 2.49. The average Bonchev–Trinajstić information content (AvgIpc) is 3.44. The summed E-state index contributed by atoms with van der Waals surface area (Å²) >= 11 is 0. The fourth-order valence-electron chi connectivity index (χ4n) is 4.26. The van der Waals surface area contributed by atoms with Gasteiger partial charge in [0.25, 0.3) is 0 Å². The van der Waals surface area contributed by atoms with E-state index in [1.54, 1.807) is 0 Å². The van der Waals surface area contributed by atoms with Gasteiger partial charge < -0.3 is 5.32 Å². The molecule has 3 aromatic rings. The SMILES string of the molecule is CC[C@@H](C(=O)NCc1cc(-c2ccncc2)n(C2CCCC2)n1)c1ccccc1. The third kappa shape index (κ3) is 4.39. The molecule has 0 radical (unpaired) electrons. The monoisotopic (exact) mass is 388 g/mol. The Morgan fingerprint density at radius 2 is 1.86 bits per heavy atom. The number of benzene rings is 1. The number of hydrogen-bond acceptors (Lipinski definition) is 3. The first kappa shape index (κ1) is 19.4. The largest absolute Gasteiger partial charge is 0.350 e. The van der Waals surface area contributed by atoms with Crippen LogP contribution >= 0.6 is 0 Å². The molecule has 1 aliphatic rings. The highest BCUT2D eigenvalue weighted by Gasteiger charge is 2.23. The summed E-state index contributed by atoms with van der Waals surface area (Å²) in [5, 5.41) is 7.98. The number of pyridine rings is 1. The molecule has 1 atom stereocenters. The number of nitrogens with one attached hydrogen (secondary N) is 1. The van der Waals surface area contributed by atoms with E-state index in [9.17, 15) is 4.79 Å². The van der Waals surface area contributed by atoms with E-state index in [1.807, 2.05) is 61.8 Å². The molecule has 1 saturated carbocycles. The van der Waals surface area contributed by atoms with E-state index in [-0.39, 0.29) is 11.8 Å². The van der Waals surface area contributed by atoms with Crippen molar-refractivity contribution in [2.45, 2.75) is 57.5 Å². The van der Waals surface area contributed by atoms with E-state index in [1.165, 1.54) is 12.8 Å². The molecule has 1 fully saturated rings. The smallest absolute Gasteiger partial charge is 0.227 e. The van der Waals surface area contributed by atoms with E-state index >= 15 is 0 Å². The van der Waals surface area contributed by atoms with Crippen molar-refractivity contribution < 1.29 is 4.79 Å². The number of carbonyl (C=O) groups excluding carboxylic acids is 1. The lowest BCUT2D eigenvalue weighted by Crippen LogP contribution is -2.29. The van der Waals surface area contributed by atoms with Gasteiger partial charge >= 0.3 is 0 Å². The zero-order chi connectivity index (χ0) is 20.1. The second-order valence-electron chi connectivity index (χ2n) is 7.73. The molecule has 150 valence electrons. The Balaban J connectivity index is 1.52. The quantitative estimate of drug-likeness (QED) is 0.628. The van der Waals surface area contributed by atoms with Crippen LogP contribution in [0.1, 0.15) is 62.2 Å². The van der Waals surface area contributed by atoms with Crippen molar-refractivity contribution in [3.05, 3.63) is 72.2 Å². The van der Waals surface area contributed by atoms with Crippen molar-refractivity contribution in [1.29, 1.82) is 0 Å². The Bertz CT molecular complexity index is 930. The van der Waals surface area contributed by atoms with Gasteiger partial charge in [0.2, 0.25) is 5.91 Å². The van der Waals surface area contributed by atoms with Gasteiger partial charge in [-0.05, 0) is 43.0 Å². The molecule has 0 aliphatic heterocycles. The van der Waals surface area contributed by atoms with Crippen molar-refractivity contribution >= 4 is 5.91 Å². The molecule has 1 N–H and O–H groups in total. The Kier molecular flexibility index (Phi) is 6.03. The normalized spacial score (nSPS) is 15.3. The third-order valence-corrected chi connectivity index (χ3v) is 5.80. The standard InChI is InChI=1S/C24H28N4O/c1-2-22(18-8-4-3-5-9-18)24(29)26-17-20-16-23(19-12-14-25-15-13-19)28(27-20)21-10-6-7-11-21/h3-5,8-9,12-16,21-22H,2,6-7,10-11,17H2,1H3,(H,26,29)/t22-/m1/s1. The van der Waals surface area contributed by atoms with Crippen LogP contribution < -0.4 is 5.32 Å². The summed E-state index contributed by atoms with van der Waals surface area (Å²) < 4.78 is 2.17. The first-order valence-corrected chi connectivity index (χ1v) is 10.6. The molecule has 4 rings (SSSR count). The minimum Gasteiger partial charge on any atom is -0.350 e. The minimum absolute atomic E-state index is 0.0552. The number of nitrogens with zero attached hydrogens (tertiary/aromatic N) is 3. The highest BCUT2D eigenvalue weighted by Crippen LogP contribution is 2.33. The fourth-order valence-corrected chi connectivity index (χ4v) is 4.26. The van der Waals surface area contributed by atoms with Crippen LogP contribution in [0.3, 0.4) is 0 Å². The number of hydrogen-bond donors (Lipinski definition) is 1. The zero-order valence-electron chi connectivity index (χ0n) is 16.9. The second kappa shape index (κ2) is 9.03. The Morgan fingerprint density at radius 3 is 2.55 bits per heavy atom.